The minimum Gasteiger partial charge on any atom is -0.458 e. The van der Waals surface area contributed by atoms with Crippen molar-refractivity contribution in [2.75, 3.05) is 6.61 Å². The molecule has 1 rings (SSSR count). The molecule has 0 heterocycles. The molecule has 16 heavy (non-hydrogen) atoms. The van der Waals surface area contributed by atoms with Crippen LogP contribution in [-0.2, 0) is 9.53 Å². The van der Waals surface area contributed by atoms with Crippen LogP contribution in [0.2, 0.25) is 0 Å². The Kier molecular flexibility index (Phi) is 5.13. The fourth-order valence-electron chi connectivity index (χ4n) is 0.954. The number of halogens is 3. The van der Waals surface area contributed by atoms with Crippen molar-refractivity contribution in [1.29, 1.82) is 0 Å². The van der Waals surface area contributed by atoms with Gasteiger partial charge in [-0.2, -0.15) is 0 Å². The monoisotopic (exact) mass is 278 g/mol. The smallest absolute Gasteiger partial charge is 0.358 e. The first-order valence-corrected chi connectivity index (χ1v) is 5.59. The first kappa shape index (κ1) is 13.4. The largest absolute Gasteiger partial charge is 0.458 e. The van der Waals surface area contributed by atoms with E-state index in [9.17, 15) is 4.79 Å². The molecule has 1 aromatic carbocycles. The average Bonchev–Trinajstić information content (AvgIpc) is 2.24. The van der Waals surface area contributed by atoms with E-state index < -0.39 is 9.76 Å². The zero-order chi connectivity index (χ0) is 12.0. The van der Waals surface area contributed by atoms with E-state index in [0.717, 1.165) is 5.56 Å². The molecule has 0 atom stereocenters. The van der Waals surface area contributed by atoms with Crippen LogP contribution in [0.15, 0.2) is 36.4 Å². The van der Waals surface area contributed by atoms with Gasteiger partial charge in [-0.1, -0.05) is 71.2 Å². The van der Waals surface area contributed by atoms with Gasteiger partial charge in [-0.25, -0.2) is 4.79 Å². The van der Waals surface area contributed by atoms with Gasteiger partial charge in [0.15, 0.2) is 0 Å². The molecule has 0 bridgehead atoms. The maximum Gasteiger partial charge on any atom is 0.358 e. The summed E-state index contributed by atoms with van der Waals surface area (Å²) in [5, 5.41) is 0. The molecule has 0 saturated heterocycles. The van der Waals surface area contributed by atoms with Crippen LogP contribution in [0.25, 0.3) is 6.08 Å². The van der Waals surface area contributed by atoms with Gasteiger partial charge in [0.05, 0.1) is 0 Å². The van der Waals surface area contributed by atoms with E-state index in [0.29, 0.717) is 0 Å². The molecule has 0 aliphatic carbocycles. The van der Waals surface area contributed by atoms with Gasteiger partial charge in [-0.15, -0.1) is 0 Å². The van der Waals surface area contributed by atoms with Crippen molar-refractivity contribution in [3.05, 3.63) is 42.0 Å². The van der Waals surface area contributed by atoms with Crippen LogP contribution < -0.4 is 0 Å². The number of hydrogen-bond donors (Lipinski definition) is 0. The highest BCUT2D eigenvalue weighted by Gasteiger charge is 2.32. The van der Waals surface area contributed by atoms with E-state index in [-0.39, 0.29) is 6.61 Å². The average molecular weight is 280 g/mol. The quantitative estimate of drug-likeness (QED) is 0.624. The Morgan fingerprint density at radius 2 is 1.88 bits per heavy atom. The van der Waals surface area contributed by atoms with Gasteiger partial charge in [0.1, 0.15) is 6.61 Å². The molecule has 2 nitrogen and oxygen atoms in total. The Morgan fingerprint density at radius 3 is 2.44 bits per heavy atom. The molecule has 0 N–H and O–H groups in total. The van der Waals surface area contributed by atoms with Crippen LogP contribution >= 0.6 is 34.8 Å². The van der Waals surface area contributed by atoms with E-state index in [1.54, 1.807) is 6.08 Å². The fraction of sp³-hybridized carbons (Fsp3) is 0.182. The lowest BCUT2D eigenvalue weighted by Crippen LogP contribution is -2.21. The van der Waals surface area contributed by atoms with E-state index >= 15 is 0 Å². The molecule has 0 saturated carbocycles. The Morgan fingerprint density at radius 1 is 1.25 bits per heavy atom. The molecule has 0 radical (unpaired) electrons. The zero-order valence-electron chi connectivity index (χ0n) is 8.20. The molecular weight excluding hydrogens is 270 g/mol. The van der Waals surface area contributed by atoms with Crippen LogP contribution in [0.5, 0.6) is 0 Å². The second kappa shape index (κ2) is 6.14. The topological polar surface area (TPSA) is 26.3 Å². The lowest BCUT2D eigenvalue weighted by atomic mass is 10.2. The molecule has 0 amide bonds. The summed E-state index contributed by atoms with van der Waals surface area (Å²) in [6.07, 6.45) is 3.48. The Balaban J connectivity index is 2.37. The molecule has 5 heteroatoms. The summed E-state index contributed by atoms with van der Waals surface area (Å²) >= 11 is 15.9. The van der Waals surface area contributed by atoms with Crippen molar-refractivity contribution in [3.8, 4) is 0 Å². The highest BCUT2D eigenvalue weighted by atomic mass is 35.6. The van der Waals surface area contributed by atoms with Gasteiger partial charge in [-0.05, 0) is 11.6 Å². The number of rotatable bonds is 3. The highest BCUT2D eigenvalue weighted by Crippen LogP contribution is 2.27. The summed E-state index contributed by atoms with van der Waals surface area (Å²) in [6, 6.07) is 9.58. The van der Waals surface area contributed by atoms with E-state index in [2.05, 4.69) is 0 Å². The van der Waals surface area contributed by atoms with Crippen LogP contribution in [-0.4, -0.2) is 16.4 Å². The third-order valence-corrected chi connectivity index (χ3v) is 2.11. The van der Waals surface area contributed by atoms with Crippen molar-refractivity contribution in [2.24, 2.45) is 0 Å². The van der Waals surface area contributed by atoms with E-state index in [1.165, 1.54) is 0 Å². The fourth-order valence-corrected chi connectivity index (χ4v) is 1.12. The van der Waals surface area contributed by atoms with Gasteiger partial charge in [-0.3, -0.25) is 0 Å². The lowest BCUT2D eigenvalue weighted by molar-refractivity contribution is -0.141. The van der Waals surface area contributed by atoms with Gasteiger partial charge in [0.25, 0.3) is 3.79 Å². The molecule has 0 fully saturated rings. The van der Waals surface area contributed by atoms with Crippen LogP contribution in [0.4, 0.5) is 0 Å². The summed E-state index contributed by atoms with van der Waals surface area (Å²) in [5.41, 5.74) is 1.01. The van der Waals surface area contributed by atoms with Crippen LogP contribution in [0, 0.1) is 0 Å². The van der Waals surface area contributed by atoms with Crippen LogP contribution in [0.1, 0.15) is 5.56 Å². The number of alkyl halides is 3. The Bertz CT molecular complexity index is 369. The number of hydrogen-bond acceptors (Lipinski definition) is 2. The van der Waals surface area contributed by atoms with Crippen molar-refractivity contribution in [2.45, 2.75) is 3.79 Å². The number of esters is 1. The molecule has 0 aromatic heterocycles. The second-order valence-electron chi connectivity index (χ2n) is 2.91. The molecule has 0 aliphatic heterocycles. The normalized spacial score (nSPS) is 11.7. The number of ether oxygens (including phenoxy) is 1. The Labute approximate surface area is 109 Å². The number of carbonyl (C=O) groups excluding carboxylic acids is 1. The Hall–Kier alpha value is -0.700. The number of benzene rings is 1. The van der Waals surface area contributed by atoms with Crippen molar-refractivity contribution >= 4 is 46.8 Å². The summed E-state index contributed by atoms with van der Waals surface area (Å²) in [6.45, 7) is 0.0711. The molecule has 0 spiro atoms. The lowest BCUT2D eigenvalue weighted by Gasteiger charge is -2.08. The third kappa shape index (κ3) is 4.88. The second-order valence-corrected chi connectivity index (χ2v) is 5.19. The molecule has 0 aliphatic rings. The number of carbonyl (C=O) groups is 1. The third-order valence-electron chi connectivity index (χ3n) is 1.65. The molecular formula is C11H9Cl3O2. The zero-order valence-corrected chi connectivity index (χ0v) is 10.5. The first-order valence-electron chi connectivity index (χ1n) is 4.45. The predicted octanol–water partition coefficient (Wildman–Crippen LogP) is 3.61. The first-order chi connectivity index (χ1) is 7.50. The SMILES string of the molecule is O=C(OCC=Cc1ccccc1)C(Cl)(Cl)Cl. The van der Waals surface area contributed by atoms with Crippen LogP contribution in [0.3, 0.4) is 0 Å². The van der Waals surface area contributed by atoms with E-state index in [1.807, 2.05) is 36.4 Å². The van der Waals surface area contributed by atoms with Crippen molar-refractivity contribution in [3.63, 3.8) is 0 Å². The minimum absolute atomic E-state index is 0.0711. The van der Waals surface area contributed by atoms with Gasteiger partial charge >= 0.3 is 5.97 Å². The maximum absolute atomic E-state index is 11.0. The standard InChI is InChI=1S/C11H9Cl3O2/c12-11(13,14)10(15)16-8-4-7-9-5-2-1-3-6-9/h1-7H,8H2. The van der Waals surface area contributed by atoms with Crippen molar-refractivity contribution in [1.82, 2.24) is 0 Å². The molecule has 86 valence electrons. The minimum atomic E-state index is -2.01. The van der Waals surface area contributed by atoms with Gasteiger partial charge < -0.3 is 4.74 Å². The summed E-state index contributed by atoms with van der Waals surface area (Å²) < 4.78 is 2.69. The van der Waals surface area contributed by atoms with Gasteiger partial charge in [0, 0.05) is 0 Å². The highest BCUT2D eigenvalue weighted by molar-refractivity contribution is 6.75. The summed E-state index contributed by atoms with van der Waals surface area (Å²) in [4.78, 5) is 11.0. The predicted molar refractivity (Wildman–Crippen MR) is 66.7 cm³/mol. The van der Waals surface area contributed by atoms with E-state index in [4.69, 9.17) is 39.5 Å². The van der Waals surface area contributed by atoms with Crippen molar-refractivity contribution < 1.29 is 9.53 Å². The van der Waals surface area contributed by atoms with Gasteiger partial charge in [0.2, 0.25) is 0 Å². The molecule has 0 unspecified atom stereocenters. The summed E-state index contributed by atoms with van der Waals surface area (Å²) in [7, 11) is 0. The summed E-state index contributed by atoms with van der Waals surface area (Å²) in [5.74, 6) is -0.879. The maximum atomic E-state index is 11.0. The molecule has 1 aromatic rings.